The van der Waals surface area contributed by atoms with E-state index in [9.17, 15) is 8.42 Å². The van der Waals surface area contributed by atoms with Crippen molar-refractivity contribution < 1.29 is 8.42 Å². The molecule has 4 heteroatoms. The van der Waals surface area contributed by atoms with Crippen LogP contribution in [-0.4, -0.2) is 31.1 Å². The van der Waals surface area contributed by atoms with E-state index in [2.05, 4.69) is 6.92 Å². The number of nitrogens with zero attached hydrogens (tertiary/aromatic N) is 1. The van der Waals surface area contributed by atoms with Crippen LogP contribution < -0.4 is 0 Å². The molecule has 1 saturated heterocycles. The second-order valence-corrected chi connectivity index (χ2v) is 6.16. The summed E-state index contributed by atoms with van der Waals surface area (Å²) < 4.78 is 25.1. The van der Waals surface area contributed by atoms with Gasteiger partial charge < -0.3 is 0 Å². The van der Waals surface area contributed by atoms with Gasteiger partial charge in [-0.2, -0.15) is 4.31 Å². The highest BCUT2D eigenvalue weighted by Gasteiger charge is 2.32. The van der Waals surface area contributed by atoms with E-state index < -0.39 is 10.0 Å². The summed E-state index contributed by atoms with van der Waals surface area (Å²) in [4.78, 5) is 0. The monoisotopic (exact) mass is 219 g/mol. The minimum atomic E-state index is -2.94. The standard InChI is InChI=1S/C10H21NO2S/c1-3-5-7-10-8-6-9-11(10)14(12,13)4-2/h10H,3-9H2,1-2H3. The summed E-state index contributed by atoms with van der Waals surface area (Å²) in [6, 6.07) is 0.292. The maximum absolute atomic E-state index is 11.7. The Morgan fingerprint density at radius 3 is 2.64 bits per heavy atom. The Balaban J connectivity index is 2.59. The maximum Gasteiger partial charge on any atom is 0.214 e. The zero-order chi connectivity index (χ0) is 10.6. The summed E-state index contributed by atoms with van der Waals surface area (Å²) in [5.41, 5.74) is 0. The molecule has 0 radical (unpaired) electrons. The molecule has 3 nitrogen and oxygen atoms in total. The highest BCUT2D eigenvalue weighted by molar-refractivity contribution is 7.89. The van der Waals surface area contributed by atoms with E-state index in [1.165, 1.54) is 0 Å². The average molecular weight is 219 g/mol. The van der Waals surface area contributed by atoms with Crippen molar-refractivity contribution in [1.82, 2.24) is 4.31 Å². The van der Waals surface area contributed by atoms with Gasteiger partial charge in [-0.1, -0.05) is 19.8 Å². The van der Waals surface area contributed by atoms with Crippen molar-refractivity contribution in [3.63, 3.8) is 0 Å². The summed E-state index contributed by atoms with van der Waals surface area (Å²) in [5, 5.41) is 0. The van der Waals surface area contributed by atoms with E-state index in [1.54, 1.807) is 11.2 Å². The normalized spacial score (nSPS) is 24.3. The van der Waals surface area contributed by atoms with E-state index in [0.29, 0.717) is 6.04 Å². The Hall–Kier alpha value is -0.0900. The molecule has 0 N–H and O–H groups in total. The Morgan fingerprint density at radius 2 is 2.07 bits per heavy atom. The zero-order valence-corrected chi connectivity index (χ0v) is 10.0. The fourth-order valence-corrected chi connectivity index (χ4v) is 3.47. The maximum atomic E-state index is 11.7. The number of rotatable bonds is 5. The van der Waals surface area contributed by atoms with E-state index in [1.807, 2.05) is 0 Å². The Morgan fingerprint density at radius 1 is 1.36 bits per heavy atom. The van der Waals surface area contributed by atoms with E-state index >= 15 is 0 Å². The third kappa shape index (κ3) is 2.70. The Kier molecular flexibility index (Phi) is 4.38. The second-order valence-electron chi connectivity index (χ2n) is 3.95. The van der Waals surface area contributed by atoms with Gasteiger partial charge in [0.2, 0.25) is 10.0 Å². The molecule has 84 valence electrons. The van der Waals surface area contributed by atoms with Gasteiger partial charge >= 0.3 is 0 Å². The molecule has 1 atom stereocenters. The molecule has 1 aliphatic rings. The molecular weight excluding hydrogens is 198 g/mol. The number of sulfonamides is 1. The van der Waals surface area contributed by atoms with Crippen LogP contribution in [0.5, 0.6) is 0 Å². The molecule has 1 heterocycles. The van der Waals surface area contributed by atoms with Gasteiger partial charge in [0.1, 0.15) is 0 Å². The van der Waals surface area contributed by atoms with E-state index in [0.717, 1.165) is 38.6 Å². The molecule has 0 aromatic rings. The highest BCUT2D eigenvalue weighted by Crippen LogP contribution is 2.25. The largest absolute Gasteiger partial charge is 0.214 e. The molecule has 0 amide bonds. The lowest BCUT2D eigenvalue weighted by atomic mass is 10.1. The first kappa shape index (κ1) is 12.0. The fraction of sp³-hybridized carbons (Fsp3) is 1.00. The molecule has 14 heavy (non-hydrogen) atoms. The van der Waals surface area contributed by atoms with Crippen LogP contribution in [0.3, 0.4) is 0 Å². The van der Waals surface area contributed by atoms with Gasteiger partial charge in [0.25, 0.3) is 0 Å². The molecule has 1 rings (SSSR count). The van der Waals surface area contributed by atoms with E-state index in [-0.39, 0.29) is 5.75 Å². The van der Waals surface area contributed by atoms with Gasteiger partial charge in [-0.05, 0) is 26.2 Å². The van der Waals surface area contributed by atoms with Crippen LogP contribution in [0, 0.1) is 0 Å². The van der Waals surface area contributed by atoms with Crippen LogP contribution in [-0.2, 0) is 10.0 Å². The lowest BCUT2D eigenvalue weighted by molar-refractivity contribution is 0.364. The van der Waals surface area contributed by atoms with Crippen LogP contribution in [0.25, 0.3) is 0 Å². The first-order chi connectivity index (χ1) is 6.61. The van der Waals surface area contributed by atoms with Crippen LogP contribution in [0.1, 0.15) is 46.0 Å². The molecule has 1 unspecified atom stereocenters. The van der Waals surface area contributed by atoms with Gasteiger partial charge in [-0.3, -0.25) is 0 Å². The molecule has 0 aromatic carbocycles. The van der Waals surface area contributed by atoms with Crippen molar-refractivity contribution in [2.45, 2.75) is 52.0 Å². The van der Waals surface area contributed by atoms with Gasteiger partial charge in [0.05, 0.1) is 5.75 Å². The lowest BCUT2D eigenvalue weighted by Gasteiger charge is -2.23. The van der Waals surface area contributed by atoms with Crippen LogP contribution in [0.4, 0.5) is 0 Å². The third-order valence-electron chi connectivity index (χ3n) is 2.94. The van der Waals surface area contributed by atoms with Crippen molar-refractivity contribution in [2.24, 2.45) is 0 Å². The van der Waals surface area contributed by atoms with Crippen molar-refractivity contribution >= 4 is 10.0 Å². The van der Waals surface area contributed by atoms with E-state index in [4.69, 9.17) is 0 Å². The van der Waals surface area contributed by atoms with Crippen molar-refractivity contribution in [3.8, 4) is 0 Å². The van der Waals surface area contributed by atoms with Crippen LogP contribution in [0.2, 0.25) is 0 Å². The van der Waals surface area contributed by atoms with Gasteiger partial charge in [0.15, 0.2) is 0 Å². The zero-order valence-electron chi connectivity index (χ0n) is 9.20. The molecule has 0 aliphatic carbocycles. The molecule has 1 fully saturated rings. The summed E-state index contributed by atoms with van der Waals surface area (Å²) in [6.45, 7) is 4.61. The Labute approximate surface area is 87.5 Å². The van der Waals surface area contributed by atoms with Crippen LogP contribution >= 0.6 is 0 Å². The lowest BCUT2D eigenvalue weighted by Crippen LogP contribution is -2.36. The van der Waals surface area contributed by atoms with Crippen molar-refractivity contribution in [2.75, 3.05) is 12.3 Å². The molecule has 0 saturated carbocycles. The van der Waals surface area contributed by atoms with Gasteiger partial charge in [-0.15, -0.1) is 0 Å². The SMILES string of the molecule is CCCCC1CCCN1S(=O)(=O)CC. The fourth-order valence-electron chi connectivity index (χ4n) is 2.07. The minimum Gasteiger partial charge on any atom is -0.212 e. The predicted octanol–water partition coefficient (Wildman–Crippen LogP) is 1.99. The third-order valence-corrected chi connectivity index (χ3v) is 4.86. The summed E-state index contributed by atoms with van der Waals surface area (Å²) >= 11 is 0. The molecule has 0 aromatic heterocycles. The molecule has 1 aliphatic heterocycles. The smallest absolute Gasteiger partial charge is 0.212 e. The average Bonchev–Trinajstić information content (AvgIpc) is 2.63. The highest BCUT2D eigenvalue weighted by atomic mass is 32.2. The first-order valence-corrected chi connectivity index (χ1v) is 7.22. The quantitative estimate of drug-likeness (QED) is 0.709. The molecule has 0 spiro atoms. The molecular formula is C10H21NO2S. The van der Waals surface area contributed by atoms with Gasteiger partial charge in [0, 0.05) is 12.6 Å². The first-order valence-electron chi connectivity index (χ1n) is 5.61. The van der Waals surface area contributed by atoms with Crippen LogP contribution in [0.15, 0.2) is 0 Å². The number of hydrogen-bond acceptors (Lipinski definition) is 2. The minimum absolute atomic E-state index is 0.246. The number of hydrogen-bond donors (Lipinski definition) is 0. The van der Waals surface area contributed by atoms with Crippen molar-refractivity contribution in [3.05, 3.63) is 0 Å². The summed E-state index contributed by atoms with van der Waals surface area (Å²) in [7, 11) is -2.94. The summed E-state index contributed by atoms with van der Waals surface area (Å²) in [6.07, 6.45) is 5.42. The summed E-state index contributed by atoms with van der Waals surface area (Å²) in [5.74, 6) is 0.246. The Bertz CT molecular complexity index is 261. The second kappa shape index (κ2) is 5.12. The topological polar surface area (TPSA) is 37.4 Å². The van der Waals surface area contributed by atoms with Crippen molar-refractivity contribution in [1.29, 1.82) is 0 Å². The molecule has 0 bridgehead atoms. The number of unbranched alkanes of at least 4 members (excludes halogenated alkanes) is 1. The van der Waals surface area contributed by atoms with Gasteiger partial charge in [-0.25, -0.2) is 8.42 Å². The predicted molar refractivity (Wildman–Crippen MR) is 58.7 cm³/mol.